The molecule has 0 aliphatic carbocycles. The van der Waals surface area contributed by atoms with E-state index in [1.54, 1.807) is 4.68 Å². The fourth-order valence-corrected chi connectivity index (χ4v) is 3.84. The summed E-state index contributed by atoms with van der Waals surface area (Å²) in [6.07, 6.45) is 1.92. The van der Waals surface area contributed by atoms with Gasteiger partial charge in [0.2, 0.25) is 0 Å². The molecule has 0 fully saturated rings. The maximum Gasteiger partial charge on any atom is 0.252 e. The third kappa shape index (κ3) is 4.82. The highest BCUT2D eigenvalue weighted by atomic mass is 16.5. The normalized spacial score (nSPS) is 10.9. The molecule has 0 aliphatic rings. The highest BCUT2D eigenvalue weighted by molar-refractivity contribution is 6.07. The fraction of sp³-hybridized carbons (Fsp3) is 0.269. The molecule has 0 radical (unpaired) electrons. The molecule has 7 nitrogen and oxygen atoms in total. The Bertz CT molecular complexity index is 1300. The number of para-hydroxylation sites is 1. The summed E-state index contributed by atoms with van der Waals surface area (Å²) in [6, 6.07) is 15.2. The van der Waals surface area contributed by atoms with Gasteiger partial charge in [0.25, 0.3) is 5.91 Å². The van der Waals surface area contributed by atoms with Gasteiger partial charge in [-0.1, -0.05) is 24.3 Å². The number of nitrogens with one attached hydrogen (secondary N) is 1. The molecule has 33 heavy (non-hydrogen) atoms. The predicted molar refractivity (Wildman–Crippen MR) is 129 cm³/mol. The van der Waals surface area contributed by atoms with E-state index in [0.717, 1.165) is 33.4 Å². The summed E-state index contributed by atoms with van der Waals surface area (Å²) in [5, 5.41) is 8.27. The second-order valence-corrected chi connectivity index (χ2v) is 7.70. The van der Waals surface area contributed by atoms with E-state index in [2.05, 4.69) is 10.4 Å². The number of hydrogen-bond donors (Lipinski definition) is 1. The minimum absolute atomic E-state index is 0.164. The molecule has 7 heteroatoms. The van der Waals surface area contributed by atoms with Crippen molar-refractivity contribution in [3.05, 3.63) is 71.5 Å². The van der Waals surface area contributed by atoms with Crippen LogP contribution in [-0.4, -0.2) is 33.9 Å². The molecule has 4 aromatic rings. The van der Waals surface area contributed by atoms with Crippen molar-refractivity contribution < 1.29 is 14.3 Å². The second-order valence-electron chi connectivity index (χ2n) is 7.70. The molecule has 0 unspecified atom stereocenters. The SMILES string of the molecule is CCOc1ccc(CNC(=O)c2cc(-c3cn(C)nc3C)nc3ccccc23)cc1OCC. The molecule has 0 saturated heterocycles. The van der Waals surface area contributed by atoms with Crippen LogP contribution in [0.15, 0.2) is 54.7 Å². The Morgan fingerprint density at radius 2 is 1.79 bits per heavy atom. The number of amides is 1. The van der Waals surface area contributed by atoms with Crippen LogP contribution in [0.4, 0.5) is 0 Å². The van der Waals surface area contributed by atoms with Gasteiger partial charge in [0.05, 0.1) is 35.7 Å². The molecule has 1 N–H and O–H groups in total. The quantitative estimate of drug-likeness (QED) is 0.427. The summed E-state index contributed by atoms with van der Waals surface area (Å²) in [4.78, 5) is 18.0. The van der Waals surface area contributed by atoms with Crippen molar-refractivity contribution in [3.63, 3.8) is 0 Å². The minimum Gasteiger partial charge on any atom is -0.490 e. The monoisotopic (exact) mass is 444 g/mol. The number of hydrogen-bond acceptors (Lipinski definition) is 5. The molecule has 2 heterocycles. The number of nitrogens with zero attached hydrogens (tertiary/aromatic N) is 3. The van der Waals surface area contributed by atoms with Crippen molar-refractivity contribution in [1.29, 1.82) is 0 Å². The molecule has 2 aromatic carbocycles. The molecular formula is C26H28N4O3. The van der Waals surface area contributed by atoms with Crippen molar-refractivity contribution in [1.82, 2.24) is 20.1 Å². The summed E-state index contributed by atoms with van der Waals surface area (Å²) in [6.45, 7) is 7.26. The van der Waals surface area contributed by atoms with Crippen LogP contribution in [0.25, 0.3) is 22.2 Å². The van der Waals surface area contributed by atoms with E-state index < -0.39 is 0 Å². The number of carbonyl (C=O) groups is 1. The Hall–Kier alpha value is -3.87. The van der Waals surface area contributed by atoms with Crippen LogP contribution in [0, 0.1) is 6.92 Å². The standard InChI is InChI=1S/C26H28N4O3/c1-5-32-24-12-11-18(13-25(24)33-6-2)15-27-26(31)20-14-23(21-16-30(4)29-17(21)3)28-22-10-8-7-9-19(20)22/h7-14,16H,5-6,15H2,1-4H3,(H,27,31). The first-order chi connectivity index (χ1) is 16.0. The lowest BCUT2D eigenvalue weighted by atomic mass is 10.0. The van der Waals surface area contributed by atoms with Crippen molar-refractivity contribution in [2.75, 3.05) is 13.2 Å². The highest BCUT2D eigenvalue weighted by Crippen LogP contribution is 2.29. The average molecular weight is 445 g/mol. The number of carbonyl (C=O) groups excluding carboxylic acids is 1. The Labute approximate surface area is 193 Å². The van der Waals surface area contributed by atoms with Crippen LogP contribution in [-0.2, 0) is 13.6 Å². The van der Waals surface area contributed by atoms with E-state index in [1.807, 2.05) is 82.5 Å². The molecular weight excluding hydrogens is 416 g/mol. The van der Waals surface area contributed by atoms with Crippen molar-refractivity contribution >= 4 is 16.8 Å². The summed E-state index contributed by atoms with van der Waals surface area (Å²) in [5.41, 5.74) is 4.77. The molecule has 4 rings (SSSR count). The first kappa shape index (κ1) is 22.3. The maximum absolute atomic E-state index is 13.3. The first-order valence-corrected chi connectivity index (χ1v) is 11.1. The van der Waals surface area contributed by atoms with Gasteiger partial charge in [-0.25, -0.2) is 4.98 Å². The molecule has 0 aliphatic heterocycles. The zero-order valence-electron chi connectivity index (χ0n) is 19.4. The number of aromatic nitrogens is 3. The van der Waals surface area contributed by atoms with Crippen LogP contribution in [0.2, 0.25) is 0 Å². The molecule has 2 aromatic heterocycles. The van der Waals surface area contributed by atoms with Gasteiger partial charge < -0.3 is 14.8 Å². The van der Waals surface area contributed by atoms with Gasteiger partial charge >= 0.3 is 0 Å². The molecule has 0 saturated carbocycles. The maximum atomic E-state index is 13.3. The zero-order valence-corrected chi connectivity index (χ0v) is 19.4. The number of fused-ring (bicyclic) bond motifs is 1. The van der Waals surface area contributed by atoms with Gasteiger partial charge in [-0.15, -0.1) is 0 Å². The number of ether oxygens (including phenoxy) is 2. The number of rotatable bonds is 8. The van der Waals surface area contributed by atoms with Gasteiger partial charge in [0.15, 0.2) is 11.5 Å². The van der Waals surface area contributed by atoms with Crippen LogP contribution in [0.1, 0.15) is 35.5 Å². The minimum atomic E-state index is -0.164. The molecule has 0 atom stereocenters. The third-order valence-electron chi connectivity index (χ3n) is 5.31. The first-order valence-electron chi connectivity index (χ1n) is 11.1. The van der Waals surface area contributed by atoms with E-state index in [0.29, 0.717) is 36.8 Å². The predicted octanol–water partition coefficient (Wildman–Crippen LogP) is 4.67. The van der Waals surface area contributed by atoms with Crippen LogP contribution in [0.5, 0.6) is 11.5 Å². The van der Waals surface area contributed by atoms with Gasteiger partial charge in [-0.05, 0) is 50.6 Å². The topological polar surface area (TPSA) is 78.3 Å². The van der Waals surface area contributed by atoms with E-state index in [1.165, 1.54) is 0 Å². The lowest BCUT2D eigenvalue weighted by Gasteiger charge is -2.13. The smallest absolute Gasteiger partial charge is 0.252 e. The van der Waals surface area contributed by atoms with E-state index in [-0.39, 0.29) is 5.91 Å². The van der Waals surface area contributed by atoms with Crippen LogP contribution < -0.4 is 14.8 Å². The highest BCUT2D eigenvalue weighted by Gasteiger charge is 2.16. The molecule has 170 valence electrons. The van der Waals surface area contributed by atoms with E-state index in [9.17, 15) is 4.79 Å². The Morgan fingerprint density at radius 1 is 1.03 bits per heavy atom. The molecule has 1 amide bonds. The average Bonchev–Trinajstić information content (AvgIpc) is 3.16. The van der Waals surface area contributed by atoms with Crippen LogP contribution in [0.3, 0.4) is 0 Å². The van der Waals surface area contributed by atoms with E-state index >= 15 is 0 Å². The summed E-state index contributed by atoms with van der Waals surface area (Å²) in [5.74, 6) is 1.21. The Balaban J connectivity index is 1.63. The number of benzene rings is 2. The Kier molecular flexibility index (Phi) is 6.58. The van der Waals surface area contributed by atoms with Crippen LogP contribution >= 0.6 is 0 Å². The molecule has 0 spiro atoms. The molecule has 0 bridgehead atoms. The van der Waals surface area contributed by atoms with Crippen molar-refractivity contribution in [2.24, 2.45) is 7.05 Å². The summed E-state index contributed by atoms with van der Waals surface area (Å²) >= 11 is 0. The number of pyridine rings is 1. The van der Waals surface area contributed by atoms with Gasteiger partial charge in [-0.2, -0.15) is 5.10 Å². The van der Waals surface area contributed by atoms with Crippen molar-refractivity contribution in [2.45, 2.75) is 27.3 Å². The zero-order chi connectivity index (χ0) is 23.4. The lowest BCUT2D eigenvalue weighted by molar-refractivity contribution is 0.0952. The fourth-order valence-electron chi connectivity index (χ4n) is 3.84. The van der Waals surface area contributed by atoms with Crippen molar-refractivity contribution in [3.8, 4) is 22.8 Å². The summed E-state index contributed by atoms with van der Waals surface area (Å²) in [7, 11) is 1.87. The Morgan fingerprint density at radius 3 is 2.52 bits per heavy atom. The largest absolute Gasteiger partial charge is 0.490 e. The number of aryl methyl sites for hydroxylation is 2. The lowest BCUT2D eigenvalue weighted by Crippen LogP contribution is -2.23. The van der Waals surface area contributed by atoms with Gasteiger partial charge in [-0.3, -0.25) is 9.48 Å². The summed E-state index contributed by atoms with van der Waals surface area (Å²) < 4.78 is 13.1. The van der Waals surface area contributed by atoms with E-state index in [4.69, 9.17) is 14.5 Å². The van der Waals surface area contributed by atoms with Gasteiger partial charge in [0, 0.05) is 30.7 Å². The van der Waals surface area contributed by atoms with Gasteiger partial charge in [0.1, 0.15) is 0 Å². The third-order valence-corrected chi connectivity index (χ3v) is 5.31. The second kappa shape index (κ2) is 9.73.